The predicted molar refractivity (Wildman–Crippen MR) is 55.6 cm³/mol. The van der Waals surface area contributed by atoms with Gasteiger partial charge in [-0.1, -0.05) is 0 Å². The number of aryl methyl sites for hydroxylation is 1. The minimum Gasteiger partial charge on any atom is -0.391 e. The van der Waals surface area contributed by atoms with Crippen LogP contribution in [0.25, 0.3) is 0 Å². The fourth-order valence-corrected chi connectivity index (χ4v) is 0.897. The van der Waals surface area contributed by atoms with Gasteiger partial charge in [0, 0.05) is 25.4 Å². The van der Waals surface area contributed by atoms with Gasteiger partial charge < -0.3 is 15.4 Å². The van der Waals surface area contributed by atoms with E-state index in [2.05, 4.69) is 9.97 Å². The molecule has 0 saturated carbocycles. The van der Waals surface area contributed by atoms with Crippen LogP contribution < -0.4 is 10.5 Å². The summed E-state index contributed by atoms with van der Waals surface area (Å²) in [5.41, 5.74) is 6.86. The molecular weight excluding hydrogens is 196 g/mol. The zero-order valence-electron chi connectivity index (χ0n) is 9.24. The molecule has 1 aromatic heterocycles. The maximum Gasteiger partial charge on any atom is 0.416 e. The second-order valence-electron chi connectivity index (χ2n) is 3.36. The van der Waals surface area contributed by atoms with E-state index in [1.807, 2.05) is 0 Å². The topological polar surface area (TPSA) is 81.3 Å². The molecule has 0 saturated heterocycles. The van der Waals surface area contributed by atoms with Crippen molar-refractivity contribution in [3.63, 3.8) is 0 Å². The van der Waals surface area contributed by atoms with Crippen molar-refractivity contribution in [2.24, 2.45) is 0 Å². The molecule has 0 fully saturated rings. The number of rotatable bonds is 1. The molecule has 0 aromatic carbocycles. The van der Waals surface area contributed by atoms with Crippen molar-refractivity contribution in [3.05, 3.63) is 11.3 Å². The van der Waals surface area contributed by atoms with Crippen molar-refractivity contribution >= 4 is 12.0 Å². The Morgan fingerprint density at radius 2 is 1.93 bits per heavy atom. The molecule has 0 spiro atoms. The summed E-state index contributed by atoms with van der Waals surface area (Å²) in [7, 11) is 3.18. The summed E-state index contributed by atoms with van der Waals surface area (Å²) < 4.78 is 5.02. The van der Waals surface area contributed by atoms with Crippen LogP contribution in [-0.4, -0.2) is 35.1 Å². The Morgan fingerprint density at radius 3 is 2.47 bits per heavy atom. The first kappa shape index (κ1) is 11.2. The van der Waals surface area contributed by atoms with Gasteiger partial charge in [-0.3, -0.25) is 0 Å². The highest BCUT2D eigenvalue weighted by Gasteiger charge is 2.13. The number of hydrogen-bond donors (Lipinski definition) is 1. The third kappa shape index (κ3) is 2.55. The fourth-order valence-electron chi connectivity index (χ4n) is 0.897. The Hall–Kier alpha value is -1.85. The predicted octanol–water partition coefficient (Wildman–Crippen LogP) is 0.736. The van der Waals surface area contributed by atoms with Crippen molar-refractivity contribution < 1.29 is 9.53 Å². The van der Waals surface area contributed by atoms with Gasteiger partial charge in [0.1, 0.15) is 0 Å². The number of anilines is 1. The van der Waals surface area contributed by atoms with Crippen LogP contribution in [0.5, 0.6) is 5.88 Å². The number of carbonyl (C=O) groups excluding carboxylic acids is 1. The summed E-state index contributed by atoms with van der Waals surface area (Å²) in [5.74, 6) is 0.304. The molecule has 0 aliphatic carbocycles. The summed E-state index contributed by atoms with van der Waals surface area (Å²) in [6, 6.07) is 0. The Bertz CT molecular complexity index is 390. The summed E-state index contributed by atoms with van der Waals surface area (Å²) in [6.07, 6.45) is -0.490. The Balaban J connectivity index is 2.99. The molecule has 15 heavy (non-hydrogen) atoms. The van der Waals surface area contributed by atoms with Crippen LogP contribution in [-0.2, 0) is 0 Å². The summed E-state index contributed by atoms with van der Waals surface area (Å²) in [5, 5.41) is 0. The molecule has 6 heteroatoms. The van der Waals surface area contributed by atoms with Gasteiger partial charge >= 0.3 is 6.09 Å². The van der Waals surface area contributed by atoms with Gasteiger partial charge in [-0.05, 0) is 13.8 Å². The molecule has 1 aromatic rings. The number of aromatic nitrogens is 2. The number of amides is 1. The quantitative estimate of drug-likeness (QED) is 0.739. The molecule has 82 valence electrons. The molecule has 0 radical (unpaired) electrons. The maximum atomic E-state index is 11.3. The standard InChI is InChI=1S/C9H14N4O2/c1-5-6(2)11-8(10)12-7(5)15-9(14)13(3)4/h1-4H3,(H2,10,11,12). The molecule has 1 heterocycles. The first-order chi connectivity index (χ1) is 6.91. The SMILES string of the molecule is Cc1nc(N)nc(OC(=O)N(C)C)c1C. The van der Waals surface area contributed by atoms with Crippen LogP contribution in [0.4, 0.5) is 10.7 Å². The molecule has 0 atom stereocenters. The third-order valence-electron chi connectivity index (χ3n) is 1.91. The molecule has 1 rings (SSSR count). The van der Waals surface area contributed by atoms with E-state index in [4.69, 9.17) is 10.5 Å². The first-order valence-electron chi connectivity index (χ1n) is 4.41. The number of ether oxygens (including phenoxy) is 1. The molecule has 2 N–H and O–H groups in total. The van der Waals surface area contributed by atoms with Gasteiger partial charge in [-0.25, -0.2) is 9.78 Å². The molecule has 0 aliphatic heterocycles. The minimum absolute atomic E-state index is 0.0969. The summed E-state index contributed by atoms with van der Waals surface area (Å²) in [6.45, 7) is 3.55. The van der Waals surface area contributed by atoms with Crippen LogP contribution in [0, 0.1) is 13.8 Å². The second kappa shape index (κ2) is 4.12. The van der Waals surface area contributed by atoms with Crippen LogP contribution in [0.15, 0.2) is 0 Å². The van der Waals surface area contributed by atoms with Gasteiger partial charge in [0.05, 0.1) is 0 Å². The fraction of sp³-hybridized carbons (Fsp3) is 0.444. The molecule has 0 aliphatic rings. The van der Waals surface area contributed by atoms with Crippen LogP contribution in [0.2, 0.25) is 0 Å². The largest absolute Gasteiger partial charge is 0.416 e. The monoisotopic (exact) mass is 210 g/mol. The number of hydrogen-bond acceptors (Lipinski definition) is 5. The Morgan fingerprint density at radius 1 is 1.33 bits per heavy atom. The number of nitrogen functional groups attached to an aromatic ring is 1. The lowest BCUT2D eigenvalue weighted by molar-refractivity contribution is 0.169. The van der Waals surface area contributed by atoms with E-state index in [0.717, 1.165) is 0 Å². The summed E-state index contributed by atoms with van der Waals surface area (Å²) in [4.78, 5) is 20.4. The smallest absolute Gasteiger partial charge is 0.391 e. The molecule has 0 bridgehead atoms. The van der Waals surface area contributed by atoms with Gasteiger partial charge in [-0.2, -0.15) is 4.98 Å². The number of carbonyl (C=O) groups is 1. The Labute approximate surface area is 88.1 Å². The number of nitrogens with two attached hydrogens (primary N) is 1. The highest BCUT2D eigenvalue weighted by molar-refractivity contribution is 5.70. The van der Waals surface area contributed by atoms with Crippen LogP contribution in [0.1, 0.15) is 11.3 Å². The van der Waals surface area contributed by atoms with E-state index in [1.165, 1.54) is 4.90 Å². The molecular formula is C9H14N4O2. The average Bonchev–Trinajstić information content (AvgIpc) is 2.13. The molecule has 1 amide bonds. The lowest BCUT2D eigenvalue weighted by Crippen LogP contribution is -2.26. The van der Waals surface area contributed by atoms with Gasteiger partial charge in [0.2, 0.25) is 11.8 Å². The van der Waals surface area contributed by atoms with Crippen molar-refractivity contribution in [1.82, 2.24) is 14.9 Å². The number of nitrogens with zero attached hydrogens (tertiary/aromatic N) is 3. The van der Waals surface area contributed by atoms with Gasteiger partial charge in [-0.15, -0.1) is 0 Å². The average molecular weight is 210 g/mol. The minimum atomic E-state index is -0.490. The highest BCUT2D eigenvalue weighted by atomic mass is 16.6. The van der Waals surface area contributed by atoms with E-state index in [9.17, 15) is 4.79 Å². The van der Waals surface area contributed by atoms with Crippen molar-refractivity contribution in [3.8, 4) is 5.88 Å². The zero-order chi connectivity index (χ0) is 11.6. The van der Waals surface area contributed by atoms with E-state index in [1.54, 1.807) is 27.9 Å². The van der Waals surface area contributed by atoms with E-state index < -0.39 is 6.09 Å². The van der Waals surface area contributed by atoms with Crippen LogP contribution in [0.3, 0.4) is 0 Å². The summed E-state index contributed by atoms with van der Waals surface area (Å²) >= 11 is 0. The van der Waals surface area contributed by atoms with E-state index in [0.29, 0.717) is 11.3 Å². The van der Waals surface area contributed by atoms with Gasteiger partial charge in [0.15, 0.2) is 0 Å². The molecule has 6 nitrogen and oxygen atoms in total. The van der Waals surface area contributed by atoms with Crippen molar-refractivity contribution in [2.75, 3.05) is 19.8 Å². The van der Waals surface area contributed by atoms with E-state index >= 15 is 0 Å². The highest BCUT2D eigenvalue weighted by Crippen LogP contribution is 2.18. The zero-order valence-corrected chi connectivity index (χ0v) is 9.24. The van der Waals surface area contributed by atoms with Crippen molar-refractivity contribution in [1.29, 1.82) is 0 Å². The Kier molecular flexibility index (Phi) is 3.08. The normalized spacial score (nSPS) is 9.87. The van der Waals surface area contributed by atoms with Crippen molar-refractivity contribution in [2.45, 2.75) is 13.8 Å². The van der Waals surface area contributed by atoms with Crippen LogP contribution >= 0.6 is 0 Å². The first-order valence-corrected chi connectivity index (χ1v) is 4.41. The second-order valence-corrected chi connectivity index (χ2v) is 3.36. The lowest BCUT2D eigenvalue weighted by atomic mass is 10.3. The lowest BCUT2D eigenvalue weighted by Gasteiger charge is -2.12. The van der Waals surface area contributed by atoms with E-state index in [-0.39, 0.29) is 11.8 Å². The molecule has 0 unspecified atom stereocenters. The maximum absolute atomic E-state index is 11.3. The third-order valence-corrected chi connectivity index (χ3v) is 1.91. The van der Waals surface area contributed by atoms with Gasteiger partial charge in [0.25, 0.3) is 0 Å².